The minimum absolute atomic E-state index is 0. The number of pyridine rings is 1. The number of hydrogen-bond donors (Lipinski definition) is 1. The molecule has 3 rings (SSSR count). The molecule has 8 heteroatoms. The smallest absolute Gasteiger partial charge is 0.193 e. The van der Waals surface area contributed by atoms with Gasteiger partial charge in [0.2, 0.25) is 0 Å². The SMILES string of the molecule is CN=C(NCC1CCN(CCOC)CC1)N1CCN(c2ccccn2)CC1.I. The molecule has 0 aromatic carbocycles. The van der Waals surface area contributed by atoms with Crippen LogP contribution in [0.5, 0.6) is 0 Å². The van der Waals surface area contributed by atoms with E-state index in [4.69, 9.17) is 4.74 Å². The van der Waals surface area contributed by atoms with Gasteiger partial charge in [0.25, 0.3) is 0 Å². The van der Waals surface area contributed by atoms with E-state index in [9.17, 15) is 0 Å². The lowest BCUT2D eigenvalue weighted by Gasteiger charge is -2.38. The standard InChI is InChI=1S/C20H34N6O.HI/c1-21-20(23-17-18-6-9-24(10-7-18)15-16-27-2)26-13-11-25(12-14-26)19-5-3-4-8-22-19;/h3-5,8,18H,6-7,9-17H2,1-2H3,(H,21,23);1H. The highest BCUT2D eigenvalue weighted by Crippen LogP contribution is 2.17. The van der Waals surface area contributed by atoms with Crippen molar-refractivity contribution in [1.82, 2.24) is 20.1 Å². The Hall–Kier alpha value is -1.13. The van der Waals surface area contributed by atoms with Gasteiger partial charge < -0.3 is 24.8 Å². The summed E-state index contributed by atoms with van der Waals surface area (Å²) in [4.78, 5) is 16.2. The molecule has 0 saturated carbocycles. The van der Waals surface area contributed by atoms with Crippen molar-refractivity contribution in [2.75, 3.05) is 78.0 Å². The fourth-order valence-electron chi connectivity index (χ4n) is 3.89. The first-order valence-electron chi connectivity index (χ1n) is 10.1. The second-order valence-electron chi connectivity index (χ2n) is 7.37. The summed E-state index contributed by atoms with van der Waals surface area (Å²) in [6.07, 6.45) is 4.37. The normalized spacial score (nSPS) is 19.4. The molecule has 2 fully saturated rings. The summed E-state index contributed by atoms with van der Waals surface area (Å²) in [6.45, 7) is 9.18. The van der Waals surface area contributed by atoms with Crippen LogP contribution in [0.15, 0.2) is 29.4 Å². The number of aliphatic imine (C=N–C) groups is 1. The second kappa shape index (κ2) is 12.4. The number of anilines is 1. The van der Waals surface area contributed by atoms with Crippen molar-refractivity contribution in [1.29, 1.82) is 0 Å². The number of aromatic nitrogens is 1. The molecule has 0 aliphatic carbocycles. The van der Waals surface area contributed by atoms with Crippen LogP contribution in [0, 0.1) is 5.92 Å². The largest absolute Gasteiger partial charge is 0.383 e. The lowest BCUT2D eigenvalue weighted by atomic mass is 9.97. The first-order chi connectivity index (χ1) is 13.3. The summed E-state index contributed by atoms with van der Waals surface area (Å²) in [5.74, 6) is 2.84. The molecule has 158 valence electrons. The quantitative estimate of drug-likeness (QED) is 0.364. The number of rotatable bonds is 6. The van der Waals surface area contributed by atoms with E-state index >= 15 is 0 Å². The van der Waals surface area contributed by atoms with Gasteiger partial charge in [-0.05, 0) is 44.0 Å². The summed E-state index contributed by atoms with van der Waals surface area (Å²) in [5.41, 5.74) is 0. The van der Waals surface area contributed by atoms with Gasteiger partial charge in [0, 0.05) is 59.6 Å². The number of nitrogens with zero attached hydrogens (tertiary/aromatic N) is 5. The van der Waals surface area contributed by atoms with Gasteiger partial charge in [-0.25, -0.2) is 4.98 Å². The Labute approximate surface area is 186 Å². The van der Waals surface area contributed by atoms with Crippen LogP contribution < -0.4 is 10.2 Å². The van der Waals surface area contributed by atoms with Crippen LogP contribution in [0.1, 0.15) is 12.8 Å². The molecule has 1 aromatic rings. The molecule has 0 atom stereocenters. The van der Waals surface area contributed by atoms with E-state index in [1.165, 1.54) is 25.9 Å². The molecule has 0 unspecified atom stereocenters. The third-order valence-corrected chi connectivity index (χ3v) is 5.63. The molecule has 0 amide bonds. The molecule has 0 radical (unpaired) electrons. The number of guanidine groups is 1. The van der Waals surface area contributed by atoms with Gasteiger partial charge in [0.15, 0.2) is 5.96 Å². The number of likely N-dealkylation sites (tertiary alicyclic amines) is 1. The van der Waals surface area contributed by atoms with Crippen molar-refractivity contribution in [3.8, 4) is 0 Å². The van der Waals surface area contributed by atoms with Crippen molar-refractivity contribution < 1.29 is 4.74 Å². The number of nitrogens with one attached hydrogen (secondary N) is 1. The summed E-state index contributed by atoms with van der Waals surface area (Å²) < 4.78 is 5.19. The van der Waals surface area contributed by atoms with Crippen LogP contribution in [-0.4, -0.2) is 93.9 Å². The number of ether oxygens (including phenoxy) is 1. The average Bonchev–Trinajstić information content (AvgIpc) is 2.74. The third-order valence-electron chi connectivity index (χ3n) is 5.63. The number of halogens is 1. The van der Waals surface area contributed by atoms with E-state index < -0.39 is 0 Å². The molecule has 28 heavy (non-hydrogen) atoms. The first kappa shape index (κ1) is 23.2. The highest BCUT2D eigenvalue weighted by molar-refractivity contribution is 14.0. The van der Waals surface area contributed by atoms with Crippen LogP contribution >= 0.6 is 24.0 Å². The number of piperidine rings is 1. The lowest BCUT2D eigenvalue weighted by molar-refractivity contribution is 0.120. The topological polar surface area (TPSA) is 56.2 Å². The first-order valence-corrected chi connectivity index (χ1v) is 10.1. The van der Waals surface area contributed by atoms with Gasteiger partial charge in [-0.3, -0.25) is 4.99 Å². The Morgan fingerprint density at radius 3 is 2.54 bits per heavy atom. The van der Waals surface area contributed by atoms with E-state index in [0.717, 1.165) is 63.6 Å². The zero-order chi connectivity index (χ0) is 18.9. The summed E-state index contributed by atoms with van der Waals surface area (Å²) in [7, 11) is 3.67. The summed E-state index contributed by atoms with van der Waals surface area (Å²) in [6, 6.07) is 6.10. The van der Waals surface area contributed by atoms with Gasteiger partial charge in [0.1, 0.15) is 5.82 Å². The summed E-state index contributed by atoms with van der Waals surface area (Å²) >= 11 is 0. The summed E-state index contributed by atoms with van der Waals surface area (Å²) in [5, 5.41) is 3.62. The minimum Gasteiger partial charge on any atom is -0.383 e. The number of hydrogen-bond acceptors (Lipinski definition) is 5. The molecule has 2 saturated heterocycles. The van der Waals surface area contributed by atoms with Gasteiger partial charge in [-0.2, -0.15) is 0 Å². The molecule has 2 aliphatic rings. The van der Waals surface area contributed by atoms with E-state index in [2.05, 4.69) is 42.1 Å². The van der Waals surface area contributed by atoms with Gasteiger partial charge in [-0.1, -0.05) is 6.07 Å². The second-order valence-corrected chi connectivity index (χ2v) is 7.37. The Morgan fingerprint density at radius 2 is 1.93 bits per heavy atom. The van der Waals surface area contributed by atoms with Gasteiger partial charge in [0.05, 0.1) is 6.61 Å². The maximum absolute atomic E-state index is 5.19. The van der Waals surface area contributed by atoms with E-state index in [0.29, 0.717) is 0 Å². The average molecular weight is 502 g/mol. The van der Waals surface area contributed by atoms with Crippen LogP contribution in [0.3, 0.4) is 0 Å². The zero-order valence-corrected chi connectivity index (χ0v) is 19.5. The number of methoxy groups -OCH3 is 1. The Balaban J connectivity index is 0.00000280. The van der Waals surface area contributed by atoms with Crippen LogP contribution in [-0.2, 0) is 4.74 Å². The monoisotopic (exact) mass is 502 g/mol. The molecule has 3 heterocycles. The maximum Gasteiger partial charge on any atom is 0.193 e. The predicted octanol–water partition coefficient (Wildman–Crippen LogP) is 1.76. The molecule has 1 N–H and O–H groups in total. The van der Waals surface area contributed by atoms with E-state index in [-0.39, 0.29) is 24.0 Å². The molecule has 1 aromatic heterocycles. The molecular weight excluding hydrogens is 467 g/mol. The zero-order valence-electron chi connectivity index (χ0n) is 17.2. The predicted molar refractivity (Wildman–Crippen MR) is 126 cm³/mol. The fourth-order valence-corrected chi connectivity index (χ4v) is 3.89. The van der Waals surface area contributed by atoms with Gasteiger partial charge >= 0.3 is 0 Å². The van der Waals surface area contributed by atoms with Crippen LogP contribution in [0.2, 0.25) is 0 Å². The molecule has 0 bridgehead atoms. The van der Waals surface area contributed by atoms with Crippen LogP contribution in [0.4, 0.5) is 5.82 Å². The number of piperazine rings is 1. The minimum atomic E-state index is 0. The molecule has 0 spiro atoms. The van der Waals surface area contributed by atoms with E-state index in [1.54, 1.807) is 7.11 Å². The highest BCUT2D eigenvalue weighted by Gasteiger charge is 2.22. The third kappa shape index (κ3) is 6.73. The van der Waals surface area contributed by atoms with Crippen molar-refractivity contribution in [2.45, 2.75) is 12.8 Å². The Bertz CT molecular complexity index is 571. The van der Waals surface area contributed by atoms with Crippen molar-refractivity contribution in [2.24, 2.45) is 10.9 Å². The molecule has 7 nitrogen and oxygen atoms in total. The van der Waals surface area contributed by atoms with Crippen molar-refractivity contribution >= 4 is 35.8 Å². The maximum atomic E-state index is 5.19. The van der Waals surface area contributed by atoms with Gasteiger partial charge in [-0.15, -0.1) is 24.0 Å². The highest BCUT2D eigenvalue weighted by atomic mass is 127. The lowest BCUT2D eigenvalue weighted by Crippen LogP contribution is -2.53. The molecular formula is C20H35IN6O. The Morgan fingerprint density at radius 1 is 1.18 bits per heavy atom. The fraction of sp³-hybridized carbons (Fsp3) is 0.700. The van der Waals surface area contributed by atoms with Crippen LogP contribution in [0.25, 0.3) is 0 Å². The van der Waals surface area contributed by atoms with E-state index in [1.807, 2.05) is 19.3 Å². The van der Waals surface area contributed by atoms with Crippen molar-refractivity contribution in [3.05, 3.63) is 24.4 Å². The molecule has 2 aliphatic heterocycles. The Kier molecular flexibility index (Phi) is 10.3. The van der Waals surface area contributed by atoms with Crippen molar-refractivity contribution in [3.63, 3.8) is 0 Å².